The van der Waals surface area contributed by atoms with Crippen LogP contribution in [0.2, 0.25) is 0 Å². The summed E-state index contributed by atoms with van der Waals surface area (Å²) in [6.45, 7) is 0. The smallest absolute Gasteiger partial charge is 0.175 e. The minimum Gasteiger partial charge on any atom is -0.495 e. The van der Waals surface area contributed by atoms with E-state index in [0.29, 0.717) is 16.6 Å². The van der Waals surface area contributed by atoms with Crippen LogP contribution in [0, 0.1) is 0 Å². The fraction of sp³-hybridized carbons (Fsp3) is 0.267. The molecular weight excluding hydrogens is 352 g/mol. The number of rotatable bonds is 4. The number of hydrogen-bond donors (Lipinski definition) is 2. The average molecular weight is 369 g/mol. The number of anilines is 1. The van der Waals surface area contributed by atoms with E-state index in [0.717, 1.165) is 28.7 Å². The third-order valence-corrected chi connectivity index (χ3v) is 3.80. The third kappa shape index (κ3) is 4.22. The standard InChI is InChI=1S/C15H17BrN2O2S/c1-19-13-9-14(20-2)12(8-11(13)16)18-15(21)17-10-6-4-3-5-7-10/h4,6-9H,3,5H2,1-2H3,(H2,17,18,21). The van der Waals surface area contributed by atoms with Gasteiger partial charge in [-0.1, -0.05) is 12.2 Å². The van der Waals surface area contributed by atoms with Crippen molar-refractivity contribution in [2.75, 3.05) is 19.5 Å². The Kier molecular flexibility index (Phi) is 5.64. The van der Waals surface area contributed by atoms with Gasteiger partial charge in [0.1, 0.15) is 11.5 Å². The molecule has 6 heteroatoms. The molecule has 112 valence electrons. The topological polar surface area (TPSA) is 42.5 Å². The average Bonchev–Trinajstić information content (AvgIpc) is 2.48. The van der Waals surface area contributed by atoms with Crippen molar-refractivity contribution in [1.82, 2.24) is 5.32 Å². The molecule has 0 fully saturated rings. The molecule has 1 aliphatic rings. The molecule has 0 heterocycles. The summed E-state index contributed by atoms with van der Waals surface area (Å²) in [5, 5.41) is 6.81. The van der Waals surface area contributed by atoms with Gasteiger partial charge in [0.25, 0.3) is 0 Å². The van der Waals surface area contributed by atoms with Crippen LogP contribution in [0.5, 0.6) is 11.5 Å². The number of methoxy groups -OCH3 is 2. The van der Waals surface area contributed by atoms with Gasteiger partial charge in [-0.2, -0.15) is 0 Å². The molecule has 1 aromatic rings. The Bertz CT molecular complexity index is 600. The largest absolute Gasteiger partial charge is 0.495 e. The highest BCUT2D eigenvalue weighted by molar-refractivity contribution is 9.10. The number of nitrogens with one attached hydrogen (secondary N) is 2. The predicted molar refractivity (Wildman–Crippen MR) is 93.1 cm³/mol. The lowest BCUT2D eigenvalue weighted by atomic mass is 10.1. The van der Waals surface area contributed by atoms with Crippen LogP contribution < -0.4 is 20.1 Å². The Balaban J connectivity index is 2.11. The Labute approximate surface area is 138 Å². The number of hydrogen-bond acceptors (Lipinski definition) is 3. The second kappa shape index (κ2) is 7.47. The first kappa shape index (κ1) is 15.9. The van der Waals surface area contributed by atoms with E-state index in [-0.39, 0.29) is 0 Å². The molecule has 0 aromatic heterocycles. The molecule has 0 radical (unpaired) electrons. The summed E-state index contributed by atoms with van der Waals surface area (Å²) < 4.78 is 11.4. The van der Waals surface area contributed by atoms with Gasteiger partial charge in [0.05, 0.1) is 24.4 Å². The zero-order valence-corrected chi connectivity index (χ0v) is 14.3. The number of ether oxygens (including phenoxy) is 2. The van der Waals surface area contributed by atoms with Crippen molar-refractivity contribution >= 4 is 38.9 Å². The molecule has 0 bridgehead atoms. The monoisotopic (exact) mass is 368 g/mol. The van der Waals surface area contributed by atoms with Crippen molar-refractivity contribution in [2.45, 2.75) is 12.8 Å². The van der Waals surface area contributed by atoms with Crippen molar-refractivity contribution in [3.63, 3.8) is 0 Å². The normalized spacial score (nSPS) is 13.4. The molecule has 0 unspecified atom stereocenters. The van der Waals surface area contributed by atoms with Gasteiger partial charge in [0, 0.05) is 11.8 Å². The molecule has 1 aliphatic carbocycles. The van der Waals surface area contributed by atoms with E-state index in [1.54, 1.807) is 20.3 Å². The zero-order chi connectivity index (χ0) is 15.2. The highest BCUT2D eigenvalue weighted by atomic mass is 79.9. The SMILES string of the molecule is COc1cc(OC)c(NC(=S)NC2=CCCC=C2)cc1Br. The molecule has 0 atom stereocenters. The minimum atomic E-state index is 0.517. The first-order chi connectivity index (χ1) is 10.1. The molecule has 2 N–H and O–H groups in total. The summed E-state index contributed by atoms with van der Waals surface area (Å²) >= 11 is 8.78. The maximum Gasteiger partial charge on any atom is 0.175 e. The molecule has 0 amide bonds. The van der Waals surface area contributed by atoms with Crippen molar-refractivity contribution in [2.24, 2.45) is 0 Å². The van der Waals surface area contributed by atoms with Crippen LogP contribution in [-0.2, 0) is 0 Å². The fourth-order valence-electron chi connectivity index (χ4n) is 1.95. The summed E-state index contributed by atoms with van der Waals surface area (Å²) in [4.78, 5) is 0. The number of thiocarbonyl (C=S) groups is 1. The quantitative estimate of drug-likeness (QED) is 0.786. The van der Waals surface area contributed by atoms with Crippen LogP contribution in [0.4, 0.5) is 5.69 Å². The fourth-order valence-corrected chi connectivity index (χ4v) is 2.68. The molecule has 4 nitrogen and oxygen atoms in total. The van der Waals surface area contributed by atoms with Gasteiger partial charge < -0.3 is 20.1 Å². The van der Waals surface area contributed by atoms with Crippen molar-refractivity contribution in [1.29, 1.82) is 0 Å². The van der Waals surface area contributed by atoms with Gasteiger partial charge in [0.15, 0.2) is 5.11 Å². The lowest BCUT2D eigenvalue weighted by molar-refractivity contribution is 0.394. The van der Waals surface area contributed by atoms with E-state index in [4.69, 9.17) is 21.7 Å². The number of benzene rings is 1. The molecule has 0 aliphatic heterocycles. The number of halogens is 1. The maximum atomic E-state index is 5.35. The summed E-state index contributed by atoms with van der Waals surface area (Å²) in [6, 6.07) is 3.67. The molecule has 21 heavy (non-hydrogen) atoms. The summed E-state index contributed by atoms with van der Waals surface area (Å²) in [7, 11) is 3.22. The van der Waals surface area contributed by atoms with Crippen molar-refractivity contribution in [3.8, 4) is 11.5 Å². The van der Waals surface area contributed by atoms with Gasteiger partial charge >= 0.3 is 0 Å². The second-order valence-electron chi connectivity index (χ2n) is 4.41. The Morgan fingerprint density at radius 1 is 1.14 bits per heavy atom. The Morgan fingerprint density at radius 2 is 1.90 bits per heavy atom. The summed E-state index contributed by atoms with van der Waals surface area (Å²) in [5.74, 6) is 1.36. The zero-order valence-electron chi connectivity index (χ0n) is 11.9. The molecular formula is C15H17BrN2O2S. The Hall–Kier alpha value is -1.53. The van der Waals surface area contributed by atoms with Crippen LogP contribution in [0.3, 0.4) is 0 Å². The molecule has 0 saturated heterocycles. The van der Waals surface area contributed by atoms with Gasteiger partial charge in [-0.15, -0.1) is 0 Å². The van der Waals surface area contributed by atoms with Crippen LogP contribution in [0.15, 0.2) is 40.5 Å². The van der Waals surface area contributed by atoms with E-state index in [2.05, 4.69) is 38.7 Å². The van der Waals surface area contributed by atoms with Crippen LogP contribution in [0.1, 0.15) is 12.8 Å². The van der Waals surface area contributed by atoms with Crippen LogP contribution in [-0.4, -0.2) is 19.3 Å². The minimum absolute atomic E-state index is 0.517. The highest BCUT2D eigenvalue weighted by Gasteiger charge is 2.11. The van der Waals surface area contributed by atoms with Crippen LogP contribution in [0.25, 0.3) is 0 Å². The third-order valence-electron chi connectivity index (χ3n) is 2.97. The van der Waals surface area contributed by atoms with Gasteiger partial charge in [0.2, 0.25) is 0 Å². The van der Waals surface area contributed by atoms with E-state index in [1.807, 2.05) is 12.1 Å². The second-order valence-corrected chi connectivity index (χ2v) is 5.67. The van der Waals surface area contributed by atoms with Gasteiger partial charge in [-0.3, -0.25) is 0 Å². The predicted octanol–water partition coefficient (Wildman–Crippen LogP) is 3.99. The van der Waals surface area contributed by atoms with E-state index < -0.39 is 0 Å². The van der Waals surface area contributed by atoms with E-state index in [9.17, 15) is 0 Å². The Morgan fingerprint density at radius 3 is 2.52 bits per heavy atom. The number of allylic oxidation sites excluding steroid dienone is 3. The van der Waals surface area contributed by atoms with Crippen LogP contribution >= 0.6 is 28.1 Å². The van der Waals surface area contributed by atoms with E-state index >= 15 is 0 Å². The van der Waals surface area contributed by atoms with E-state index in [1.165, 1.54) is 0 Å². The summed E-state index contributed by atoms with van der Waals surface area (Å²) in [6.07, 6.45) is 8.37. The lowest BCUT2D eigenvalue weighted by Gasteiger charge is -2.16. The molecule has 0 spiro atoms. The van der Waals surface area contributed by atoms with Gasteiger partial charge in [-0.25, -0.2) is 0 Å². The van der Waals surface area contributed by atoms with Gasteiger partial charge in [-0.05, 0) is 53.1 Å². The molecule has 0 saturated carbocycles. The summed E-state index contributed by atoms with van der Waals surface area (Å²) in [5.41, 5.74) is 1.77. The first-order valence-corrected chi connectivity index (χ1v) is 7.70. The molecule has 2 rings (SSSR count). The molecule has 1 aromatic carbocycles. The van der Waals surface area contributed by atoms with Crippen molar-refractivity contribution < 1.29 is 9.47 Å². The highest BCUT2D eigenvalue weighted by Crippen LogP contribution is 2.36. The lowest BCUT2D eigenvalue weighted by Crippen LogP contribution is -2.27. The first-order valence-electron chi connectivity index (χ1n) is 6.50. The van der Waals surface area contributed by atoms with Crippen molar-refractivity contribution in [3.05, 3.63) is 40.5 Å². The maximum absolute atomic E-state index is 5.35.